The van der Waals surface area contributed by atoms with E-state index in [0.717, 1.165) is 28.4 Å². The first kappa shape index (κ1) is 32.7. The second-order valence-corrected chi connectivity index (χ2v) is 13.0. The second-order valence-electron chi connectivity index (χ2n) is 10.7. The molecule has 44 heavy (non-hydrogen) atoms. The lowest BCUT2D eigenvalue weighted by molar-refractivity contribution is -0.192. The van der Waals surface area contributed by atoms with Crippen molar-refractivity contribution < 1.29 is 43.7 Å². The minimum absolute atomic E-state index is 0.0305. The van der Waals surface area contributed by atoms with Crippen LogP contribution in [0.5, 0.6) is 0 Å². The average Bonchev–Trinajstić information content (AvgIpc) is 3.46. The molecule has 0 aliphatic carbocycles. The molecule has 236 valence electrons. The molecule has 3 heterocycles. The minimum Gasteiger partial charge on any atom is -0.481 e. The number of rotatable bonds is 12. The van der Waals surface area contributed by atoms with Crippen LogP contribution in [0.15, 0.2) is 40.7 Å². The maximum absolute atomic E-state index is 13.6. The van der Waals surface area contributed by atoms with Gasteiger partial charge in [-0.2, -0.15) is 0 Å². The molecule has 1 fully saturated rings. The van der Waals surface area contributed by atoms with Crippen LogP contribution in [-0.2, 0) is 41.6 Å². The van der Waals surface area contributed by atoms with Gasteiger partial charge in [-0.1, -0.05) is 36.0 Å². The van der Waals surface area contributed by atoms with Gasteiger partial charge in [0.25, 0.3) is 11.6 Å². The van der Waals surface area contributed by atoms with Gasteiger partial charge < -0.3 is 30.3 Å². The molecule has 2 aliphatic rings. The number of methoxy groups -OCH3 is 1. The third-order valence-electron chi connectivity index (χ3n) is 6.53. The van der Waals surface area contributed by atoms with Gasteiger partial charge in [0.1, 0.15) is 16.7 Å². The molecule has 0 saturated carbocycles. The Bertz CT molecular complexity index is 1480. The molecule has 3 atom stereocenters. The molecule has 2 aliphatic heterocycles. The summed E-state index contributed by atoms with van der Waals surface area (Å²) in [7, 11) is 1.23. The fourth-order valence-electron chi connectivity index (χ4n) is 4.69. The summed E-state index contributed by atoms with van der Waals surface area (Å²) in [5.41, 5.74) is -1.50. The topological polar surface area (TPSA) is 226 Å². The van der Waals surface area contributed by atoms with E-state index in [1.54, 1.807) is 45.0 Å². The highest BCUT2D eigenvalue weighted by Gasteiger charge is 2.67. The number of fused-ring (bicyclic) bond motifs is 1. The standard InChI is InChI=1S/C26H31N7O9S2/c1-25(2,3)42-24(40)27-11-14-8-6-5-7-13(14)9-17(34)28-26(41-4)21(39)33-19(20(37)38)15(12-43-22(26)33)16(10-18(35)36)44-23-29-31-32-30-23/h5-8,16,22H,9-12H2,1-4H3,(H,27,40)(H,28,34)(H,35,36)(H,37,38)(H,29,30,31,32)/t16?,22-,26-/m0/s1. The van der Waals surface area contributed by atoms with Gasteiger partial charge in [0, 0.05) is 24.7 Å². The van der Waals surface area contributed by atoms with E-state index in [-0.39, 0.29) is 35.1 Å². The Kier molecular flexibility index (Phi) is 9.85. The number of amides is 3. The first-order chi connectivity index (χ1) is 20.8. The smallest absolute Gasteiger partial charge is 0.407 e. The molecule has 1 aromatic carbocycles. The van der Waals surface area contributed by atoms with E-state index in [2.05, 4.69) is 31.3 Å². The van der Waals surface area contributed by atoms with Crippen LogP contribution in [0.25, 0.3) is 0 Å². The summed E-state index contributed by atoms with van der Waals surface area (Å²) >= 11 is 2.05. The van der Waals surface area contributed by atoms with E-state index in [1.807, 2.05) is 0 Å². The number of alkyl carbamates (subject to hydrolysis) is 1. The molecule has 1 aromatic heterocycles. The fraction of sp³-hybridized carbons (Fsp3) is 0.462. The third-order valence-corrected chi connectivity index (χ3v) is 9.00. The molecule has 2 aromatic rings. The number of ether oxygens (including phenoxy) is 2. The molecule has 1 saturated heterocycles. The Morgan fingerprint density at radius 3 is 2.52 bits per heavy atom. The summed E-state index contributed by atoms with van der Waals surface area (Å²) in [5.74, 6) is -3.99. The largest absolute Gasteiger partial charge is 0.481 e. The number of H-pyrrole nitrogens is 1. The number of nitrogens with one attached hydrogen (secondary N) is 3. The highest BCUT2D eigenvalue weighted by Crippen LogP contribution is 2.49. The summed E-state index contributed by atoms with van der Waals surface area (Å²) in [4.78, 5) is 64.0. The van der Waals surface area contributed by atoms with Crippen LogP contribution in [0.3, 0.4) is 0 Å². The molecular formula is C26H31N7O9S2. The van der Waals surface area contributed by atoms with Gasteiger partial charge in [-0.15, -0.1) is 16.9 Å². The number of carbonyl (C=O) groups excluding carboxylic acids is 3. The predicted octanol–water partition coefficient (Wildman–Crippen LogP) is 1.12. The van der Waals surface area contributed by atoms with E-state index >= 15 is 0 Å². The number of carboxylic acid groups (broad SMARTS) is 2. The predicted molar refractivity (Wildman–Crippen MR) is 155 cm³/mol. The maximum Gasteiger partial charge on any atom is 0.407 e. The van der Waals surface area contributed by atoms with Crippen molar-refractivity contribution in [1.82, 2.24) is 36.2 Å². The first-order valence-electron chi connectivity index (χ1n) is 13.2. The SMILES string of the molecule is CO[C@@]1(NC(=O)Cc2ccccc2CNC(=O)OC(C)(C)C)C(=O)N2C(C(=O)O)=C(C(CC(=O)O)Sc3nnn[nH]3)CS[C@H]21. The van der Waals surface area contributed by atoms with Gasteiger partial charge in [0.2, 0.25) is 11.1 Å². The van der Waals surface area contributed by atoms with Crippen molar-refractivity contribution in [1.29, 1.82) is 0 Å². The van der Waals surface area contributed by atoms with Crippen LogP contribution in [0.4, 0.5) is 4.79 Å². The number of nitrogens with zero attached hydrogens (tertiary/aromatic N) is 4. The van der Waals surface area contributed by atoms with Crippen molar-refractivity contribution in [2.75, 3.05) is 12.9 Å². The first-order valence-corrected chi connectivity index (χ1v) is 15.1. The van der Waals surface area contributed by atoms with Crippen LogP contribution in [-0.4, -0.2) is 100 Å². The van der Waals surface area contributed by atoms with Gasteiger partial charge in [-0.05, 0) is 47.9 Å². The molecule has 4 rings (SSSR count). The Morgan fingerprint density at radius 2 is 1.93 bits per heavy atom. The van der Waals surface area contributed by atoms with Crippen molar-refractivity contribution in [3.8, 4) is 0 Å². The normalized spacial score (nSPS) is 20.3. The number of carbonyl (C=O) groups is 5. The zero-order valence-electron chi connectivity index (χ0n) is 24.2. The number of carboxylic acids is 2. The zero-order chi connectivity index (χ0) is 32.2. The van der Waals surface area contributed by atoms with E-state index in [4.69, 9.17) is 9.47 Å². The van der Waals surface area contributed by atoms with Crippen LogP contribution < -0.4 is 10.6 Å². The van der Waals surface area contributed by atoms with E-state index in [9.17, 15) is 34.2 Å². The summed E-state index contributed by atoms with van der Waals surface area (Å²) in [5, 5.41) is 36.4. The summed E-state index contributed by atoms with van der Waals surface area (Å²) < 4.78 is 10.8. The molecule has 1 unspecified atom stereocenters. The molecule has 0 bridgehead atoms. The van der Waals surface area contributed by atoms with Crippen molar-refractivity contribution in [3.63, 3.8) is 0 Å². The van der Waals surface area contributed by atoms with Crippen molar-refractivity contribution in [3.05, 3.63) is 46.7 Å². The minimum atomic E-state index is -1.86. The number of benzene rings is 1. The van der Waals surface area contributed by atoms with Gasteiger partial charge >= 0.3 is 18.0 Å². The van der Waals surface area contributed by atoms with E-state index in [1.165, 1.54) is 7.11 Å². The van der Waals surface area contributed by atoms with Crippen LogP contribution in [0.2, 0.25) is 0 Å². The summed E-state index contributed by atoms with van der Waals surface area (Å²) in [6, 6.07) is 6.93. The van der Waals surface area contributed by atoms with Crippen molar-refractivity contribution in [2.45, 2.75) is 67.3 Å². The summed E-state index contributed by atoms with van der Waals surface area (Å²) in [6.45, 7) is 5.31. The van der Waals surface area contributed by atoms with E-state index in [0.29, 0.717) is 11.1 Å². The second kappa shape index (κ2) is 13.2. The molecule has 16 nitrogen and oxygen atoms in total. The van der Waals surface area contributed by atoms with Gasteiger partial charge in [-0.25, -0.2) is 14.7 Å². The van der Waals surface area contributed by atoms with Crippen molar-refractivity contribution in [2.24, 2.45) is 0 Å². The molecular weight excluding hydrogens is 618 g/mol. The van der Waals surface area contributed by atoms with Crippen LogP contribution >= 0.6 is 23.5 Å². The van der Waals surface area contributed by atoms with Crippen LogP contribution in [0, 0.1) is 0 Å². The third kappa shape index (κ3) is 7.13. The number of β-lactam (4-membered cyclic amide) rings is 1. The number of aromatic amines is 1. The quantitative estimate of drug-likeness (QED) is 0.123. The van der Waals surface area contributed by atoms with Gasteiger partial charge in [-0.3, -0.25) is 19.3 Å². The number of tetrazole rings is 1. The highest BCUT2D eigenvalue weighted by atomic mass is 32.2. The molecule has 5 N–H and O–H groups in total. The molecule has 0 radical (unpaired) electrons. The Labute approximate surface area is 259 Å². The lowest BCUT2D eigenvalue weighted by atomic mass is 9.96. The summed E-state index contributed by atoms with van der Waals surface area (Å²) in [6.07, 6.45) is -1.25. The number of thioether (sulfide) groups is 2. The lowest BCUT2D eigenvalue weighted by Gasteiger charge is -2.56. The fourth-order valence-corrected chi connectivity index (χ4v) is 7.32. The Balaban J connectivity index is 1.52. The Hall–Kier alpha value is -4.16. The van der Waals surface area contributed by atoms with E-state index < -0.39 is 58.2 Å². The molecule has 3 amide bonds. The number of aromatic nitrogens is 4. The number of hydrogen-bond acceptors (Lipinski definition) is 12. The van der Waals surface area contributed by atoms with Gasteiger partial charge in [0.15, 0.2) is 0 Å². The van der Waals surface area contributed by atoms with Crippen LogP contribution in [0.1, 0.15) is 38.3 Å². The zero-order valence-corrected chi connectivity index (χ0v) is 25.8. The molecule has 18 heteroatoms. The number of aliphatic carboxylic acids is 2. The number of hydrogen-bond donors (Lipinski definition) is 5. The lowest BCUT2D eigenvalue weighted by Crippen LogP contribution is -2.80. The Morgan fingerprint density at radius 1 is 1.23 bits per heavy atom. The van der Waals surface area contributed by atoms with Gasteiger partial charge in [0.05, 0.1) is 12.8 Å². The monoisotopic (exact) mass is 649 g/mol. The highest BCUT2D eigenvalue weighted by molar-refractivity contribution is 8.01. The average molecular weight is 650 g/mol. The maximum atomic E-state index is 13.6. The van der Waals surface area contributed by atoms with Crippen molar-refractivity contribution >= 4 is 53.4 Å². The molecule has 0 spiro atoms.